The van der Waals surface area contributed by atoms with Gasteiger partial charge in [0, 0.05) is 25.4 Å². The Bertz CT molecular complexity index is 478. The monoisotopic (exact) mass is 298 g/mol. The fraction of sp³-hybridized carbons (Fsp3) is 0.417. The van der Waals surface area contributed by atoms with Crippen LogP contribution in [0, 0.1) is 0 Å². The molecule has 0 aliphatic heterocycles. The van der Waals surface area contributed by atoms with Crippen molar-refractivity contribution in [3.8, 4) is 0 Å². The van der Waals surface area contributed by atoms with Gasteiger partial charge in [0.15, 0.2) is 0 Å². The fourth-order valence-electron chi connectivity index (χ4n) is 1.78. The molecule has 4 nitrogen and oxygen atoms in total. The molecule has 1 unspecified atom stereocenters. The molecule has 0 bridgehead atoms. The van der Waals surface area contributed by atoms with Crippen LogP contribution in [-0.2, 0) is 13.0 Å². The van der Waals surface area contributed by atoms with E-state index in [0.717, 1.165) is 23.3 Å². The first kappa shape index (κ1) is 12.4. The summed E-state index contributed by atoms with van der Waals surface area (Å²) >= 11 is 3.34. The molecule has 0 saturated heterocycles. The van der Waals surface area contributed by atoms with E-state index in [9.17, 15) is 5.11 Å². The van der Waals surface area contributed by atoms with Gasteiger partial charge in [0.25, 0.3) is 0 Å². The minimum Gasteiger partial charge on any atom is -0.465 e. The summed E-state index contributed by atoms with van der Waals surface area (Å²) in [4.78, 5) is 4.26. The minimum absolute atomic E-state index is 0.457. The Morgan fingerprint density at radius 1 is 1.59 bits per heavy atom. The van der Waals surface area contributed by atoms with Crippen LogP contribution in [0.2, 0.25) is 0 Å². The molecule has 0 spiro atoms. The zero-order valence-electron chi connectivity index (χ0n) is 9.64. The number of aromatic nitrogens is 2. The lowest BCUT2D eigenvalue weighted by atomic mass is 10.2. The van der Waals surface area contributed by atoms with Crippen molar-refractivity contribution < 1.29 is 9.52 Å². The number of hydrogen-bond donors (Lipinski definition) is 1. The number of nitrogens with zero attached hydrogens (tertiary/aromatic N) is 2. The summed E-state index contributed by atoms with van der Waals surface area (Å²) in [5, 5.41) is 10.1. The number of aliphatic hydroxyl groups is 1. The fourth-order valence-corrected chi connectivity index (χ4v) is 2.25. The zero-order valence-corrected chi connectivity index (χ0v) is 11.2. The van der Waals surface area contributed by atoms with E-state index in [1.54, 1.807) is 18.5 Å². The summed E-state index contributed by atoms with van der Waals surface area (Å²) < 4.78 is 8.09. The third-order valence-corrected chi connectivity index (χ3v) is 3.24. The van der Waals surface area contributed by atoms with Crippen molar-refractivity contribution in [2.75, 3.05) is 0 Å². The van der Waals surface area contributed by atoms with Gasteiger partial charge in [-0.1, -0.05) is 6.92 Å². The number of halogens is 1. The summed E-state index contributed by atoms with van der Waals surface area (Å²) in [6.07, 6.45) is 6.08. The summed E-state index contributed by atoms with van der Waals surface area (Å²) in [6, 6.07) is 1.77. The van der Waals surface area contributed by atoms with Gasteiger partial charge in [-0.05, 0) is 28.4 Å². The van der Waals surface area contributed by atoms with Crippen molar-refractivity contribution in [1.82, 2.24) is 9.55 Å². The van der Waals surface area contributed by atoms with Crippen molar-refractivity contribution in [2.45, 2.75) is 32.4 Å². The molecule has 5 heteroatoms. The second kappa shape index (κ2) is 5.51. The highest BCUT2D eigenvalue weighted by atomic mass is 79.9. The molecular weight excluding hydrogens is 284 g/mol. The first-order valence-electron chi connectivity index (χ1n) is 5.63. The highest BCUT2D eigenvalue weighted by Crippen LogP contribution is 2.26. The number of hydrogen-bond acceptors (Lipinski definition) is 3. The maximum absolute atomic E-state index is 10.1. The van der Waals surface area contributed by atoms with Gasteiger partial charge in [-0.3, -0.25) is 0 Å². The molecule has 1 atom stereocenters. The van der Waals surface area contributed by atoms with Crippen LogP contribution in [0.4, 0.5) is 0 Å². The average molecular weight is 299 g/mol. The minimum atomic E-state index is -0.669. The van der Waals surface area contributed by atoms with E-state index in [2.05, 4.69) is 32.4 Å². The molecule has 1 N–H and O–H groups in total. The van der Waals surface area contributed by atoms with Gasteiger partial charge in [0.05, 0.1) is 10.7 Å². The van der Waals surface area contributed by atoms with Crippen molar-refractivity contribution in [2.24, 2.45) is 0 Å². The summed E-state index contributed by atoms with van der Waals surface area (Å²) in [7, 11) is 0. The van der Waals surface area contributed by atoms with Crippen molar-refractivity contribution >= 4 is 15.9 Å². The molecule has 2 aromatic heterocycles. The Morgan fingerprint density at radius 3 is 3.06 bits per heavy atom. The smallest absolute Gasteiger partial charge is 0.146 e. The number of rotatable bonds is 5. The van der Waals surface area contributed by atoms with Crippen molar-refractivity contribution in [1.29, 1.82) is 0 Å². The molecule has 2 rings (SSSR count). The quantitative estimate of drug-likeness (QED) is 0.923. The normalized spacial score (nSPS) is 12.9. The van der Waals surface area contributed by atoms with Gasteiger partial charge in [-0.2, -0.15) is 0 Å². The Hall–Kier alpha value is -1.07. The van der Waals surface area contributed by atoms with E-state index in [1.807, 2.05) is 6.20 Å². The molecular formula is C12H15BrN2O2. The van der Waals surface area contributed by atoms with Crippen LogP contribution in [-0.4, -0.2) is 14.7 Å². The Labute approximate surface area is 108 Å². The van der Waals surface area contributed by atoms with E-state index in [1.165, 1.54) is 0 Å². The lowest BCUT2D eigenvalue weighted by molar-refractivity contribution is 0.145. The van der Waals surface area contributed by atoms with Crippen LogP contribution < -0.4 is 0 Å². The van der Waals surface area contributed by atoms with Crippen LogP contribution >= 0.6 is 15.9 Å². The maximum Gasteiger partial charge on any atom is 0.146 e. The van der Waals surface area contributed by atoms with Gasteiger partial charge in [-0.25, -0.2) is 4.98 Å². The van der Waals surface area contributed by atoms with E-state index in [4.69, 9.17) is 4.42 Å². The van der Waals surface area contributed by atoms with Crippen LogP contribution in [0.15, 0.2) is 33.6 Å². The van der Waals surface area contributed by atoms with E-state index < -0.39 is 6.10 Å². The molecule has 92 valence electrons. The number of imidazole rings is 1. The van der Waals surface area contributed by atoms with Crippen molar-refractivity contribution in [3.63, 3.8) is 0 Å². The molecule has 2 aromatic rings. The SMILES string of the molecule is CCCn1ccnc1CC(O)c1occc1Br. The van der Waals surface area contributed by atoms with Crippen LogP contribution in [0.25, 0.3) is 0 Å². The average Bonchev–Trinajstić information content (AvgIpc) is 2.89. The second-order valence-electron chi connectivity index (χ2n) is 3.89. The first-order valence-corrected chi connectivity index (χ1v) is 6.42. The van der Waals surface area contributed by atoms with Crippen LogP contribution in [0.3, 0.4) is 0 Å². The third kappa shape index (κ3) is 2.79. The van der Waals surface area contributed by atoms with Crippen LogP contribution in [0.5, 0.6) is 0 Å². The van der Waals surface area contributed by atoms with Gasteiger partial charge >= 0.3 is 0 Å². The van der Waals surface area contributed by atoms with Crippen molar-refractivity contribution in [3.05, 3.63) is 40.8 Å². The molecule has 0 aromatic carbocycles. The summed E-state index contributed by atoms with van der Waals surface area (Å²) in [5.74, 6) is 1.43. The predicted molar refractivity (Wildman–Crippen MR) is 67.6 cm³/mol. The Morgan fingerprint density at radius 2 is 2.41 bits per heavy atom. The van der Waals surface area contributed by atoms with Gasteiger partial charge < -0.3 is 14.1 Å². The van der Waals surface area contributed by atoms with E-state index >= 15 is 0 Å². The second-order valence-corrected chi connectivity index (χ2v) is 4.74. The highest BCUT2D eigenvalue weighted by Gasteiger charge is 2.17. The molecule has 0 aliphatic carbocycles. The van der Waals surface area contributed by atoms with Gasteiger partial charge in [-0.15, -0.1) is 0 Å². The molecule has 0 fully saturated rings. The first-order chi connectivity index (χ1) is 8.22. The molecule has 0 saturated carbocycles. The molecule has 0 amide bonds. The lowest BCUT2D eigenvalue weighted by Gasteiger charge is -2.10. The number of aryl methyl sites for hydroxylation is 1. The summed E-state index contributed by atoms with van der Waals surface area (Å²) in [6.45, 7) is 3.03. The van der Waals surface area contributed by atoms with Gasteiger partial charge in [0.1, 0.15) is 17.7 Å². The standard InChI is InChI=1S/C12H15BrN2O2/c1-2-5-15-6-4-14-11(15)8-10(16)12-9(13)3-7-17-12/h3-4,6-7,10,16H,2,5,8H2,1H3. The predicted octanol–water partition coefficient (Wildman–Crippen LogP) is 2.92. The molecule has 17 heavy (non-hydrogen) atoms. The van der Waals surface area contributed by atoms with E-state index in [-0.39, 0.29) is 0 Å². The third-order valence-electron chi connectivity index (χ3n) is 2.59. The number of aliphatic hydroxyl groups excluding tert-OH is 1. The van der Waals surface area contributed by atoms with Gasteiger partial charge in [0.2, 0.25) is 0 Å². The van der Waals surface area contributed by atoms with Crippen LogP contribution in [0.1, 0.15) is 31.0 Å². The lowest BCUT2D eigenvalue weighted by Crippen LogP contribution is -2.08. The molecule has 2 heterocycles. The largest absolute Gasteiger partial charge is 0.465 e. The number of furan rings is 1. The molecule has 0 aliphatic rings. The highest BCUT2D eigenvalue weighted by molar-refractivity contribution is 9.10. The molecule has 0 radical (unpaired) electrons. The zero-order chi connectivity index (χ0) is 12.3. The van der Waals surface area contributed by atoms with E-state index in [0.29, 0.717) is 12.2 Å². The maximum atomic E-state index is 10.1. The Kier molecular flexibility index (Phi) is 4.02. The Balaban J connectivity index is 2.10. The summed E-state index contributed by atoms with van der Waals surface area (Å²) in [5.41, 5.74) is 0. The topological polar surface area (TPSA) is 51.2 Å².